The number of hydrogen-bond donors (Lipinski definition) is 1. The average Bonchev–Trinajstić information content (AvgIpc) is 2.40. The molecule has 0 saturated heterocycles. The maximum Gasteiger partial charge on any atom is 0.338 e. The molecule has 0 aliphatic heterocycles. The number of ether oxygens (including phenoxy) is 2. The average molecular weight is 285 g/mol. The molecule has 1 aromatic rings. The van der Waals surface area contributed by atoms with Gasteiger partial charge in [0.1, 0.15) is 5.75 Å². The fourth-order valence-corrected chi connectivity index (χ4v) is 1.35. The van der Waals surface area contributed by atoms with Crippen LogP contribution in [0.15, 0.2) is 30.9 Å². The molecule has 1 aromatic carbocycles. The fourth-order valence-electron chi connectivity index (χ4n) is 1.17. The highest BCUT2D eigenvalue weighted by Gasteiger charge is 2.09. The molecule has 0 radical (unpaired) electrons. The Balaban J connectivity index is 2.33. The highest BCUT2D eigenvalue weighted by atomic mass is 35.5. The van der Waals surface area contributed by atoms with Gasteiger partial charge in [-0.05, 0) is 18.2 Å². The Hall–Kier alpha value is -2.01. The van der Waals surface area contributed by atoms with E-state index in [2.05, 4.69) is 6.58 Å². The number of phenols is 1. The Morgan fingerprint density at radius 1 is 1.32 bits per heavy atom. The molecule has 0 aliphatic carbocycles. The van der Waals surface area contributed by atoms with Crippen molar-refractivity contribution in [2.45, 2.75) is 6.42 Å². The van der Waals surface area contributed by atoms with Crippen molar-refractivity contribution in [2.75, 3.05) is 13.2 Å². The minimum absolute atomic E-state index is 0.0781. The Labute approximate surface area is 115 Å². The summed E-state index contributed by atoms with van der Waals surface area (Å²) in [5.74, 6) is -1.18. The van der Waals surface area contributed by atoms with Crippen LogP contribution in [-0.2, 0) is 14.3 Å². The van der Waals surface area contributed by atoms with Gasteiger partial charge in [0.15, 0.2) is 0 Å². The molecule has 0 aliphatic rings. The van der Waals surface area contributed by atoms with Crippen LogP contribution in [0.2, 0.25) is 5.02 Å². The third-order valence-corrected chi connectivity index (χ3v) is 2.42. The van der Waals surface area contributed by atoms with Crippen molar-refractivity contribution in [3.05, 3.63) is 41.4 Å². The van der Waals surface area contributed by atoms with E-state index < -0.39 is 11.9 Å². The van der Waals surface area contributed by atoms with Crippen LogP contribution in [0.4, 0.5) is 0 Å². The van der Waals surface area contributed by atoms with Crippen molar-refractivity contribution in [3.8, 4) is 5.75 Å². The number of benzene rings is 1. The van der Waals surface area contributed by atoms with Crippen molar-refractivity contribution in [3.63, 3.8) is 0 Å². The molecule has 0 amide bonds. The van der Waals surface area contributed by atoms with Gasteiger partial charge in [-0.15, -0.1) is 0 Å². The van der Waals surface area contributed by atoms with Gasteiger partial charge >= 0.3 is 11.9 Å². The third kappa shape index (κ3) is 5.01. The first-order valence-electron chi connectivity index (χ1n) is 5.49. The molecule has 0 heterocycles. The van der Waals surface area contributed by atoms with Crippen LogP contribution in [0.5, 0.6) is 5.75 Å². The van der Waals surface area contributed by atoms with E-state index in [4.69, 9.17) is 21.1 Å². The highest BCUT2D eigenvalue weighted by molar-refractivity contribution is 6.32. The summed E-state index contributed by atoms with van der Waals surface area (Å²) in [4.78, 5) is 22.3. The molecule has 0 bridgehead atoms. The molecule has 0 aromatic heterocycles. The summed E-state index contributed by atoms with van der Waals surface area (Å²) in [6, 6.07) is 4.03. The first kappa shape index (κ1) is 15.0. The molecule has 1 N–H and O–H groups in total. The molecule has 0 spiro atoms. The van der Waals surface area contributed by atoms with Gasteiger partial charge in [0.05, 0.1) is 23.8 Å². The number of phenolic OH excluding ortho intramolecular Hbond substituents is 1. The van der Waals surface area contributed by atoms with Crippen molar-refractivity contribution >= 4 is 23.5 Å². The summed E-state index contributed by atoms with van der Waals surface area (Å²) in [7, 11) is 0. The second-order valence-electron chi connectivity index (χ2n) is 3.53. The lowest BCUT2D eigenvalue weighted by Crippen LogP contribution is -2.09. The highest BCUT2D eigenvalue weighted by Crippen LogP contribution is 2.23. The summed E-state index contributed by atoms with van der Waals surface area (Å²) in [5, 5.41) is 9.28. The van der Waals surface area contributed by atoms with Gasteiger partial charge < -0.3 is 14.6 Å². The van der Waals surface area contributed by atoms with Gasteiger partial charge in [-0.2, -0.15) is 0 Å². The van der Waals surface area contributed by atoms with Gasteiger partial charge in [-0.25, -0.2) is 9.59 Å². The normalized spacial score (nSPS) is 9.74. The zero-order valence-corrected chi connectivity index (χ0v) is 10.9. The number of esters is 2. The number of halogens is 1. The van der Waals surface area contributed by atoms with Crippen molar-refractivity contribution in [2.24, 2.45) is 0 Å². The van der Waals surface area contributed by atoms with Crippen LogP contribution in [0.25, 0.3) is 0 Å². The number of carbonyl (C=O) groups excluding carboxylic acids is 2. The number of hydrogen-bond acceptors (Lipinski definition) is 5. The van der Waals surface area contributed by atoms with E-state index in [0.29, 0.717) is 6.42 Å². The Kier molecular flexibility index (Phi) is 5.89. The smallest absolute Gasteiger partial charge is 0.338 e. The molecule has 0 fully saturated rings. The van der Waals surface area contributed by atoms with Crippen LogP contribution >= 0.6 is 11.6 Å². The van der Waals surface area contributed by atoms with Crippen LogP contribution in [0.3, 0.4) is 0 Å². The molecule has 0 atom stereocenters. The molecule has 6 heteroatoms. The van der Waals surface area contributed by atoms with E-state index in [0.717, 1.165) is 6.08 Å². The van der Waals surface area contributed by atoms with Crippen molar-refractivity contribution in [1.82, 2.24) is 0 Å². The maximum absolute atomic E-state index is 11.6. The molecule has 1 rings (SSSR count). The first-order chi connectivity index (χ1) is 9.04. The topological polar surface area (TPSA) is 72.8 Å². The maximum atomic E-state index is 11.6. The second kappa shape index (κ2) is 7.43. The molecule has 0 unspecified atom stereocenters. The predicted molar refractivity (Wildman–Crippen MR) is 69.2 cm³/mol. The van der Waals surface area contributed by atoms with E-state index >= 15 is 0 Å². The Morgan fingerprint density at radius 2 is 2.00 bits per heavy atom. The zero-order valence-electron chi connectivity index (χ0n) is 10.1. The lowest BCUT2D eigenvalue weighted by Gasteiger charge is -2.06. The van der Waals surface area contributed by atoms with E-state index in [1.54, 1.807) is 0 Å². The van der Waals surface area contributed by atoms with E-state index in [-0.39, 0.29) is 29.5 Å². The predicted octanol–water partition coefficient (Wildman–Crippen LogP) is 2.32. The van der Waals surface area contributed by atoms with E-state index in [1.165, 1.54) is 18.2 Å². The number of carbonyl (C=O) groups is 2. The minimum atomic E-state index is -0.558. The largest absolute Gasteiger partial charge is 0.506 e. The van der Waals surface area contributed by atoms with E-state index in [9.17, 15) is 14.7 Å². The fraction of sp³-hybridized carbons (Fsp3) is 0.231. The standard InChI is InChI=1S/C13H13ClO5/c1-2-12(16)18-6-3-7-19-13(17)9-4-5-11(15)10(14)8-9/h2,4-5,8,15H,1,3,6-7H2. The molecular formula is C13H13ClO5. The van der Waals surface area contributed by atoms with Crippen molar-refractivity contribution < 1.29 is 24.2 Å². The molecule has 0 saturated carbocycles. The lowest BCUT2D eigenvalue weighted by molar-refractivity contribution is -0.137. The summed E-state index contributed by atoms with van der Waals surface area (Å²) >= 11 is 5.67. The summed E-state index contributed by atoms with van der Waals surface area (Å²) in [6.45, 7) is 3.51. The van der Waals surface area contributed by atoms with Gasteiger partial charge in [-0.3, -0.25) is 0 Å². The van der Waals surface area contributed by atoms with Gasteiger partial charge in [0, 0.05) is 12.5 Å². The summed E-state index contributed by atoms with van der Waals surface area (Å²) in [6.07, 6.45) is 1.45. The lowest BCUT2D eigenvalue weighted by atomic mass is 10.2. The van der Waals surface area contributed by atoms with Crippen molar-refractivity contribution in [1.29, 1.82) is 0 Å². The zero-order chi connectivity index (χ0) is 14.3. The van der Waals surface area contributed by atoms with Crippen LogP contribution in [0, 0.1) is 0 Å². The third-order valence-electron chi connectivity index (χ3n) is 2.12. The summed E-state index contributed by atoms with van der Waals surface area (Å²) < 4.78 is 9.65. The SMILES string of the molecule is C=CC(=O)OCCCOC(=O)c1ccc(O)c(Cl)c1. The molecule has 102 valence electrons. The van der Waals surface area contributed by atoms with Gasteiger partial charge in [0.2, 0.25) is 0 Å². The quantitative estimate of drug-likeness (QED) is 0.493. The number of rotatable bonds is 6. The first-order valence-corrected chi connectivity index (χ1v) is 5.87. The van der Waals surface area contributed by atoms with Crippen LogP contribution in [-0.4, -0.2) is 30.3 Å². The summed E-state index contributed by atoms with van der Waals surface area (Å²) in [5.41, 5.74) is 0.242. The monoisotopic (exact) mass is 284 g/mol. The minimum Gasteiger partial charge on any atom is -0.506 e. The van der Waals surface area contributed by atoms with E-state index in [1.807, 2.05) is 0 Å². The van der Waals surface area contributed by atoms with Crippen LogP contribution in [0.1, 0.15) is 16.8 Å². The number of aromatic hydroxyl groups is 1. The Bertz CT molecular complexity index is 484. The molecule has 19 heavy (non-hydrogen) atoms. The Morgan fingerprint density at radius 3 is 2.63 bits per heavy atom. The molecule has 5 nitrogen and oxygen atoms in total. The van der Waals surface area contributed by atoms with Gasteiger partial charge in [-0.1, -0.05) is 18.2 Å². The van der Waals surface area contributed by atoms with Gasteiger partial charge in [0.25, 0.3) is 0 Å². The second-order valence-corrected chi connectivity index (χ2v) is 3.93. The van der Waals surface area contributed by atoms with Crippen LogP contribution < -0.4 is 0 Å². The molecular weight excluding hydrogens is 272 g/mol.